The number of rotatable bonds is 5. The molecular formula is C15H17N5O. The van der Waals surface area contributed by atoms with E-state index in [-0.39, 0.29) is 0 Å². The van der Waals surface area contributed by atoms with Crippen molar-refractivity contribution in [2.24, 2.45) is 0 Å². The number of fused-ring (bicyclic) bond motifs is 1. The van der Waals surface area contributed by atoms with E-state index in [0.29, 0.717) is 13.2 Å². The monoisotopic (exact) mass is 283 g/mol. The maximum Gasteiger partial charge on any atom is 0.178 e. The number of methoxy groups -OCH3 is 1. The minimum Gasteiger partial charge on any atom is -0.380 e. The van der Waals surface area contributed by atoms with Crippen LogP contribution in [0.2, 0.25) is 0 Å². The molecule has 0 aliphatic heterocycles. The summed E-state index contributed by atoms with van der Waals surface area (Å²) in [4.78, 5) is 0. The predicted molar refractivity (Wildman–Crippen MR) is 80.0 cm³/mol. The van der Waals surface area contributed by atoms with Crippen molar-refractivity contribution in [2.75, 3.05) is 12.4 Å². The number of nitrogens with one attached hydrogen (secondary N) is 1. The molecule has 2 heterocycles. The molecule has 3 aromatic rings. The van der Waals surface area contributed by atoms with E-state index in [1.165, 1.54) is 5.56 Å². The summed E-state index contributed by atoms with van der Waals surface area (Å²) in [5.41, 5.74) is 3.10. The van der Waals surface area contributed by atoms with Crippen molar-refractivity contribution in [1.29, 1.82) is 0 Å². The average Bonchev–Trinajstić information content (AvgIpc) is 2.87. The van der Waals surface area contributed by atoms with Crippen molar-refractivity contribution in [3.63, 3.8) is 0 Å². The third-order valence-corrected chi connectivity index (χ3v) is 3.19. The molecule has 0 radical (unpaired) electrons. The highest BCUT2D eigenvalue weighted by atomic mass is 16.5. The largest absolute Gasteiger partial charge is 0.380 e. The van der Waals surface area contributed by atoms with E-state index in [9.17, 15) is 0 Å². The summed E-state index contributed by atoms with van der Waals surface area (Å²) < 4.78 is 6.87. The summed E-state index contributed by atoms with van der Waals surface area (Å²) in [6.07, 6.45) is 0. The van der Waals surface area contributed by atoms with Gasteiger partial charge >= 0.3 is 0 Å². The smallest absolute Gasteiger partial charge is 0.178 e. The first-order valence-corrected chi connectivity index (χ1v) is 6.76. The van der Waals surface area contributed by atoms with Crippen LogP contribution in [-0.2, 0) is 17.9 Å². The van der Waals surface area contributed by atoms with Gasteiger partial charge in [-0.3, -0.25) is 0 Å². The molecule has 0 spiro atoms. The molecule has 0 bridgehead atoms. The Hall–Kier alpha value is -2.47. The van der Waals surface area contributed by atoms with Crippen LogP contribution in [-0.4, -0.2) is 26.9 Å². The van der Waals surface area contributed by atoms with Gasteiger partial charge in [0, 0.05) is 13.7 Å². The topological polar surface area (TPSA) is 64.3 Å². The van der Waals surface area contributed by atoms with Gasteiger partial charge in [-0.2, -0.15) is 4.52 Å². The molecule has 6 nitrogen and oxygen atoms in total. The predicted octanol–water partition coefficient (Wildman–Crippen LogP) is 2.19. The maximum absolute atomic E-state index is 5.15. The number of aromatic nitrogens is 4. The second kappa shape index (κ2) is 5.88. The minimum absolute atomic E-state index is 0.623. The fraction of sp³-hybridized carbons (Fsp3) is 0.267. The van der Waals surface area contributed by atoms with Crippen LogP contribution in [0.3, 0.4) is 0 Å². The molecule has 0 atom stereocenters. The van der Waals surface area contributed by atoms with Crippen LogP contribution in [0.25, 0.3) is 5.65 Å². The van der Waals surface area contributed by atoms with Gasteiger partial charge in [0.2, 0.25) is 0 Å². The number of nitrogens with zero attached hydrogens (tertiary/aromatic N) is 4. The third-order valence-electron chi connectivity index (χ3n) is 3.19. The van der Waals surface area contributed by atoms with Crippen LogP contribution in [0.4, 0.5) is 5.82 Å². The first-order chi connectivity index (χ1) is 10.3. The van der Waals surface area contributed by atoms with E-state index in [2.05, 4.69) is 38.8 Å². The number of hydrogen-bond acceptors (Lipinski definition) is 5. The zero-order chi connectivity index (χ0) is 14.7. The lowest BCUT2D eigenvalue weighted by Crippen LogP contribution is -2.05. The molecule has 1 N–H and O–H groups in total. The number of aryl methyl sites for hydroxylation is 1. The molecule has 0 aliphatic carbocycles. The zero-order valence-electron chi connectivity index (χ0n) is 12.1. The normalized spacial score (nSPS) is 11.0. The molecule has 0 saturated carbocycles. The van der Waals surface area contributed by atoms with Crippen molar-refractivity contribution >= 4 is 11.5 Å². The molecule has 3 rings (SSSR count). The number of anilines is 1. The van der Waals surface area contributed by atoms with E-state index >= 15 is 0 Å². The highest BCUT2D eigenvalue weighted by Crippen LogP contribution is 2.10. The Morgan fingerprint density at radius 1 is 1.14 bits per heavy atom. The third kappa shape index (κ3) is 3.00. The lowest BCUT2D eigenvalue weighted by atomic mass is 10.1. The van der Waals surface area contributed by atoms with Crippen molar-refractivity contribution < 1.29 is 4.74 Å². The van der Waals surface area contributed by atoms with E-state index in [0.717, 1.165) is 22.9 Å². The van der Waals surface area contributed by atoms with Crippen molar-refractivity contribution in [2.45, 2.75) is 20.1 Å². The molecule has 0 saturated heterocycles. The Balaban J connectivity index is 1.73. The molecule has 0 amide bonds. The standard InChI is InChI=1S/C15H17N5O/c1-11-17-18-15-7-6-14(19-20(11)15)16-9-12-4-3-5-13(8-12)10-21-2/h3-8H,9-10H2,1-2H3,(H,16,19). The minimum atomic E-state index is 0.623. The number of benzene rings is 1. The van der Waals surface area contributed by atoms with Gasteiger partial charge in [0.25, 0.3) is 0 Å². The van der Waals surface area contributed by atoms with Crippen LogP contribution < -0.4 is 5.32 Å². The molecular weight excluding hydrogens is 266 g/mol. The molecule has 0 aliphatic rings. The van der Waals surface area contributed by atoms with Crippen molar-refractivity contribution in [3.05, 3.63) is 53.3 Å². The summed E-state index contributed by atoms with van der Waals surface area (Å²) in [5, 5.41) is 15.8. The second-order valence-electron chi connectivity index (χ2n) is 4.84. The number of hydrogen-bond donors (Lipinski definition) is 1. The molecule has 6 heteroatoms. The summed E-state index contributed by atoms with van der Waals surface area (Å²) >= 11 is 0. The Morgan fingerprint density at radius 2 is 2.00 bits per heavy atom. The Labute approximate surface area is 122 Å². The summed E-state index contributed by atoms with van der Waals surface area (Å²) in [6.45, 7) is 3.21. The lowest BCUT2D eigenvalue weighted by Gasteiger charge is -2.07. The fourth-order valence-electron chi connectivity index (χ4n) is 2.18. The second-order valence-corrected chi connectivity index (χ2v) is 4.84. The molecule has 21 heavy (non-hydrogen) atoms. The van der Waals surface area contributed by atoms with Gasteiger partial charge in [-0.05, 0) is 30.2 Å². The lowest BCUT2D eigenvalue weighted by molar-refractivity contribution is 0.185. The van der Waals surface area contributed by atoms with Gasteiger partial charge < -0.3 is 10.1 Å². The Morgan fingerprint density at radius 3 is 2.86 bits per heavy atom. The van der Waals surface area contributed by atoms with E-state index < -0.39 is 0 Å². The highest BCUT2D eigenvalue weighted by Gasteiger charge is 2.03. The zero-order valence-corrected chi connectivity index (χ0v) is 12.1. The first-order valence-electron chi connectivity index (χ1n) is 6.76. The average molecular weight is 283 g/mol. The Bertz CT molecular complexity index is 753. The summed E-state index contributed by atoms with van der Waals surface area (Å²) in [6, 6.07) is 12.1. The maximum atomic E-state index is 5.15. The van der Waals surface area contributed by atoms with Gasteiger partial charge in [-0.15, -0.1) is 15.3 Å². The molecule has 1 aromatic carbocycles. The van der Waals surface area contributed by atoms with E-state index in [1.54, 1.807) is 11.6 Å². The quantitative estimate of drug-likeness (QED) is 0.777. The van der Waals surface area contributed by atoms with Crippen molar-refractivity contribution in [3.8, 4) is 0 Å². The summed E-state index contributed by atoms with van der Waals surface area (Å²) in [7, 11) is 1.70. The van der Waals surface area contributed by atoms with Crippen LogP contribution >= 0.6 is 0 Å². The van der Waals surface area contributed by atoms with Crippen LogP contribution in [0.1, 0.15) is 17.0 Å². The molecule has 108 valence electrons. The first kappa shape index (κ1) is 13.5. The van der Waals surface area contributed by atoms with E-state index in [4.69, 9.17) is 4.74 Å². The van der Waals surface area contributed by atoms with Gasteiger partial charge in [-0.25, -0.2) is 0 Å². The van der Waals surface area contributed by atoms with Crippen molar-refractivity contribution in [1.82, 2.24) is 19.8 Å². The van der Waals surface area contributed by atoms with Gasteiger partial charge in [0.15, 0.2) is 11.5 Å². The van der Waals surface area contributed by atoms with Gasteiger partial charge in [-0.1, -0.05) is 24.3 Å². The molecule has 2 aromatic heterocycles. The van der Waals surface area contributed by atoms with Crippen LogP contribution in [0.15, 0.2) is 36.4 Å². The summed E-state index contributed by atoms with van der Waals surface area (Å²) in [5.74, 6) is 1.57. The SMILES string of the molecule is COCc1cccc(CNc2ccc3nnc(C)n3n2)c1. The van der Waals surface area contributed by atoms with Gasteiger partial charge in [0.1, 0.15) is 5.82 Å². The molecule has 0 unspecified atom stereocenters. The van der Waals surface area contributed by atoms with Crippen LogP contribution in [0, 0.1) is 6.92 Å². The van der Waals surface area contributed by atoms with E-state index in [1.807, 2.05) is 25.1 Å². The fourth-order valence-corrected chi connectivity index (χ4v) is 2.18. The number of ether oxygens (including phenoxy) is 1. The van der Waals surface area contributed by atoms with Crippen LogP contribution in [0.5, 0.6) is 0 Å². The molecule has 0 fully saturated rings. The highest BCUT2D eigenvalue weighted by molar-refractivity contribution is 5.44. The van der Waals surface area contributed by atoms with Gasteiger partial charge in [0.05, 0.1) is 6.61 Å². The Kier molecular flexibility index (Phi) is 3.79.